The summed E-state index contributed by atoms with van der Waals surface area (Å²) in [6.07, 6.45) is 0.151. The molecule has 2 aromatic carbocycles. The normalized spacial score (nSPS) is 20.7. The Balaban J connectivity index is 2.18. The molecule has 3 nitrogen and oxygen atoms in total. The van der Waals surface area contributed by atoms with E-state index < -0.39 is 26.7 Å². The highest BCUT2D eigenvalue weighted by Crippen LogP contribution is 2.43. The predicted octanol–water partition coefficient (Wildman–Crippen LogP) is 4.34. The van der Waals surface area contributed by atoms with Crippen molar-refractivity contribution >= 4 is 27.1 Å². The molecule has 0 bridgehead atoms. The molecule has 0 radical (unpaired) electrons. The number of halogens is 3. The van der Waals surface area contributed by atoms with Gasteiger partial charge in [0, 0.05) is 16.6 Å². The van der Waals surface area contributed by atoms with Crippen LogP contribution in [0.25, 0.3) is 0 Å². The molecule has 0 spiro atoms. The van der Waals surface area contributed by atoms with Crippen LogP contribution in [0.2, 0.25) is 5.02 Å². The maximum absolute atomic E-state index is 14.2. The average Bonchev–Trinajstić information content (AvgIpc) is 2.51. The summed E-state index contributed by atoms with van der Waals surface area (Å²) in [6, 6.07) is 7.32. The summed E-state index contributed by atoms with van der Waals surface area (Å²) in [7, 11) is -3.87. The number of fused-ring (bicyclic) bond motifs is 1. The fourth-order valence-electron chi connectivity index (χ4n) is 2.84. The minimum Gasteiger partial charge on any atom is -0.380 e. The van der Waals surface area contributed by atoms with Gasteiger partial charge >= 0.3 is 0 Å². The number of anilines is 1. The number of rotatable bonds is 2. The van der Waals surface area contributed by atoms with E-state index in [1.165, 1.54) is 24.3 Å². The Labute approximate surface area is 138 Å². The van der Waals surface area contributed by atoms with Crippen LogP contribution in [0.5, 0.6) is 0 Å². The number of sulfone groups is 1. The van der Waals surface area contributed by atoms with Crippen molar-refractivity contribution in [2.75, 3.05) is 5.32 Å². The second-order valence-corrected chi connectivity index (χ2v) is 8.15. The SMILES string of the molecule is CC1CC(S(=O)(=O)c2ccc(Cl)cc2)c2c(F)ccc(F)c2N1. The molecular formula is C16H14ClF2NO2S. The number of benzene rings is 2. The lowest BCUT2D eigenvalue weighted by molar-refractivity contribution is 0.528. The standard InChI is InChI=1S/C16H14ClF2NO2S/c1-9-8-14(15-12(18)6-7-13(19)16(15)20-9)23(21,22)11-4-2-10(17)3-5-11/h2-7,9,14,20H,8H2,1H3. The van der Waals surface area contributed by atoms with Crippen molar-refractivity contribution in [2.24, 2.45) is 0 Å². The maximum atomic E-state index is 14.2. The van der Waals surface area contributed by atoms with Crippen molar-refractivity contribution in [1.29, 1.82) is 0 Å². The number of nitrogens with one attached hydrogen (secondary N) is 1. The Hall–Kier alpha value is -1.66. The smallest absolute Gasteiger partial charge is 0.185 e. The summed E-state index contributed by atoms with van der Waals surface area (Å²) >= 11 is 5.78. The van der Waals surface area contributed by atoms with Crippen LogP contribution in [0.1, 0.15) is 24.2 Å². The third kappa shape index (κ3) is 2.81. The van der Waals surface area contributed by atoms with E-state index in [-0.39, 0.29) is 28.6 Å². The Kier molecular flexibility index (Phi) is 4.06. The first kappa shape index (κ1) is 16.2. The molecular weight excluding hydrogens is 344 g/mol. The topological polar surface area (TPSA) is 46.2 Å². The third-order valence-electron chi connectivity index (χ3n) is 3.94. The molecule has 122 valence electrons. The fourth-order valence-corrected chi connectivity index (χ4v) is 4.90. The highest BCUT2D eigenvalue weighted by molar-refractivity contribution is 7.91. The Morgan fingerprint density at radius 3 is 2.35 bits per heavy atom. The Bertz CT molecular complexity index is 853. The average molecular weight is 358 g/mol. The summed E-state index contributed by atoms with van der Waals surface area (Å²) < 4.78 is 54.1. The number of hydrogen-bond acceptors (Lipinski definition) is 3. The first-order valence-corrected chi connectivity index (χ1v) is 8.97. The summed E-state index contributed by atoms with van der Waals surface area (Å²) in [5, 5.41) is 2.09. The lowest BCUT2D eigenvalue weighted by Crippen LogP contribution is -2.31. The lowest BCUT2D eigenvalue weighted by atomic mass is 9.97. The van der Waals surface area contributed by atoms with E-state index in [0.29, 0.717) is 5.02 Å². The van der Waals surface area contributed by atoms with Crippen molar-refractivity contribution in [1.82, 2.24) is 0 Å². The third-order valence-corrected chi connectivity index (χ3v) is 6.30. The first-order valence-electron chi connectivity index (χ1n) is 7.04. The lowest BCUT2D eigenvalue weighted by Gasteiger charge is -2.31. The van der Waals surface area contributed by atoms with Crippen LogP contribution in [0.3, 0.4) is 0 Å². The molecule has 23 heavy (non-hydrogen) atoms. The molecule has 1 aliphatic heterocycles. The molecule has 1 aliphatic rings. The van der Waals surface area contributed by atoms with Crippen LogP contribution in [0, 0.1) is 11.6 Å². The monoisotopic (exact) mass is 357 g/mol. The predicted molar refractivity (Wildman–Crippen MR) is 85.4 cm³/mol. The van der Waals surface area contributed by atoms with Gasteiger partial charge in [-0.25, -0.2) is 17.2 Å². The van der Waals surface area contributed by atoms with E-state index in [2.05, 4.69) is 5.32 Å². The molecule has 1 heterocycles. The van der Waals surface area contributed by atoms with Gasteiger partial charge in [0.1, 0.15) is 11.6 Å². The van der Waals surface area contributed by atoms with Crippen molar-refractivity contribution in [3.05, 3.63) is 58.6 Å². The van der Waals surface area contributed by atoms with Crippen molar-refractivity contribution in [3.63, 3.8) is 0 Å². The van der Waals surface area contributed by atoms with Gasteiger partial charge < -0.3 is 5.32 Å². The summed E-state index contributed by atoms with van der Waals surface area (Å²) in [4.78, 5) is 0.0376. The van der Waals surface area contributed by atoms with E-state index >= 15 is 0 Å². The van der Waals surface area contributed by atoms with Gasteiger partial charge in [0.2, 0.25) is 0 Å². The van der Waals surface area contributed by atoms with Gasteiger partial charge in [-0.3, -0.25) is 0 Å². The Morgan fingerprint density at radius 1 is 1.09 bits per heavy atom. The van der Waals surface area contributed by atoms with Gasteiger partial charge in [0.05, 0.1) is 15.8 Å². The summed E-state index contributed by atoms with van der Waals surface area (Å²) in [6.45, 7) is 1.73. The van der Waals surface area contributed by atoms with Crippen LogP contribution in [0.4, 0.5) is 14.5 Å². The van der Waals surface area contributed by atoms with Gasteiger partial charge in [-0.15, -0.1) is 0 Å². The second-order valence-electron chi connectivity index (χ2n) is 5.59. The van der Waals surface area contributed by atoms with Gasteiger partial charge in [-0.2, -0.15) is 0 Å². The van der Waals surface area contributed by atoms with E-state index in [1.807, 2.05) is 0 Å². The van der Waals surface area contributed by atoms with E-state index in [0.717, 1.165) is 12.1 Å². The maximum Gasteiger partial charge on any atom is 0.185 e. The van der Waals surface area contributed by atoms with Crippen LogP contribution in [0.15, 0.2) is 41.3 Å². The molecule has 7 heteroatoms. The zero-order valence-electron chi connectivity index (χ0n) is 12.2. The van der Waals surface area contributed by atoms with Crippen LogP contribution >= 0.6 is 11.6 Å². The largest absolute Gasteiger partial charge is 0.380 e. The van der Waals surface area contributed by atoms with Crippen molar-refractivity contribution in [2.45, 2.75) is 29.5 Å². The molecule has 2 atom stereocenters. The van der Waals surface area contributed by atoms with E-state index in [9.17, 15) is 17.2 Å². The molecule has 0 amide bonds. The van der Waals surface area contributed by atoms with E-state index in [4.69, 9.17) is 11.6 Å². The molecule has 2 unspecified atom stereocenters. The number of hydrogen-bond donors (Lipinski definition) is 1. The van der Waals surface area contributed by atoms with Crippen LogP contribution in [-0.4, -0.2) is 14.5 Å². The summed E-state index contributed by atoms with van der Waals surface area (Å²) in [5.74, 6) is -1.40. The van der Waals surface area contributed by atoms with Gasteiger partial charge in [0.15, 0.2) is 9.84 Å². The highest BCUT2D eigenvalue weighted by Gasteiger charge is 2.38. The molecule has 1 N–H and O–H groups in total. The highest BCUT2D eigenvalue weighted by atomic mass is 35.5. The van der Waals surface area contributed by atoms with E-state index in [1.54, 1.807) is 6.92 Å². The molecule has 0 fully saturated rings. The molecule has 0 saturated heterocycles. The van der Waals surface area contributed by atoms with Crippen molar-refractivity contribution in [3.8, 4) is 0 Å². The summed E-state index contributed by atoms with van der Waals surface area (Å²) in [5.41, 5.74) is -0.218. The van der Waals surface area contributed by atoms with Crippen LogP contribution < -0.4 is 5.32 Å². The van der Waals surface area contributed by atoms with Gasteiger partial charge in [-0.05, 0) is 49.7 Å². The first-order chi connectivity index (χ1) is 10.8. The Morgan fingerprint density at radius 2 is 1.70 bits per heavy atom. The second kappa shape index (κ2) is 5.76. The molecule has 0 saturated carbocycles. The zero-order chi connectivity index (χ0) is 16.8. The quantitative estimate of drug-likeness (QED) is 0.869. The minimum absolute atomic E-state index is 0.0376. The molecule has 0 aromatic heterocycles. The fraction of sp³-hybridized carbons (Fsp3) is 0.250. The molecule has 2 aromatic rings. The van der Waals surface area contributed by atoms with Crippen LogP contribution in [-0.2, 0) is 9.84 Å². The van der Waals surface area contributed by atoms with Crippen molar-refractivity contribution < 1.29 is 17.2 Å². The molecule has 3 rings (SSSR count). The van der Waals surface area contributed by atoms with Gasteiger partial charge in [0.25, 0.3) is 0 Å². The minimum atomic E-state index is -3.87. The molecule has 0 aliphatic carbocycles. The zero-order valence-corrected chi connectivity index (χ0v) is 13.8. The van der Waals surface area contributed by atoms with Gasteiger partial charge in [-0.1, -0.05) is 11.6 Å².